The molecule has 0 aromatic carbocycles. The molecule has 0 saturated heterocycles. The summed E-state index contributed by atoms with van der Waals surface area (Å²) < 4.78 is 13.6. The van der Waals surface area contributed by atoms with Gasteiger partial charge in [-0.05, 0) is 129 Å². The first-order chi connectivity index (χ1) is 21.3. The third-order valence-electron chi connectivity index (χ3n) is 16.3. The first kappa shape index (κ1) is 34.3. The molecule has 0 aromatic heterocycles. The van der Waals surface area contributed by atoms with Gasteiger partial charge in [-0.15, -0.1) is 0 Å². The Labute approximate surface area is 281 Å². The number of ketones is 1. The van der Waals surface area contributed by atoms with Gasteiger partial charge >= 0.3 is 0 Å². The molecule has 1 aliphatic heterocycles. The van der Waals surface area contributed by atoms with Crippen LogP contribution in [0.15, 0.2) is 23.3 Å². The van der Waals surface area contributed by atoms with E-state index in [9.17, 15) is 4.79 Å². The number of rotatable bonds is 9. The molecule has 3 fully saturated rings. The molecule has 256 valence electrons. The molecule has 7 aliphatic rings. The van der Waals surface area contributed by atoms with Crippen LogP contribution in [-0.2, 0) is 14.3 Å². The van der Waals surface area contributed by atoms with Crippen molar-refractivity contribution in [2.24, 2.45) is 63.1 Å². The zero-order valence-electron chi connectivity index (χ0n) is 31.6. The molecule has 7 rings (SSSR count). The molecule has 1 spiro atoms. The fourth-order valence-corrected chi connectivity index (χ4v) is 11.9. The highest BCUT2D eigenvalue weighted by molar-refractivity contribution is 6.00. The van der Waals surface area contributed by atoms with Crippen molar-refractivity contribution in [3.05, 3.63) is 23.3 Å². The summed E-state index contributed by atoms with van der Waals surface area (Å²) >= 11 is 0. The Balaban J connectivity index is 1.39. The second-order valence-electron chi connectivity index (χ2n) is 19.0. The van der Waals surface area contributed by atoms with Crippen LogP contribution in [0, 0.1) is 75.1 Å². The van der Waals surface area contributed by atoms with Crippen LogP contribution in [0.5, 0.6) is 0 Å². The van der Waals surface area contributed by atoms with Gasteiger partial charge in [0.05, 0.1) is 12.7 Å². The van der Waals surface area contributed by atoms with Crippen molar-refractivity contribution in [2.75, 3.05) is 20.7 Å². The molecule has 1 heterocycles. The van der Waals surface area contributed by atoms with Crippen molar-refractivity contribution < 1.29 is 14.3 Å². The molecule has 6 aliphatic carbocycles. The van der Waals surface area contributed by atoms with Crippen molar-refractivity contribution in [1.82, 2.24) is 4.90 Å². The quantitative estimate of drug-likeness (QED) is 0.188. The summed E-state index contributed by atoms with van der Waals surface area (Å²) in [5.74, 6) is 6.97. The van der Waals surface area contributed by atoms with E-state index in [1.165, 1.54) is 30.4 Å². The number of hydrogen-bond donors (Lipinski definition) is 0. The third kappa shape index (κ3) is 4.42. The number of ether oxygens (including phenoxy) is 2. The van der Waals surface area contributed by atoms with Crippen LogP contribution in [0.3, 0.4) is 0 Å². The fraction of sp³-hybridized carbons (Fsp3) is 0.833. The van der Waals surface area contributed by atoms with E-state index in [4.69, 9.17) is 9.47 Å². The van der Waals surface area contributed by atoms with E-state index in [0.29, 0.717) is 41.4 Å². The Morgan fingerprint density at radius 1 is 1.07 bits per heavy atom. The second-order valence-corrected chi connectivity index (χ2v) is 19.0. The lowest BCUT2D eigenvalue weighted by Gasteiger charge is -2.67. The average molecular weight is 632 g/mol. The van der Waals surface area contributed by atoms with Crippen molar-refractivity contribution >= 4 is 5.78 Å². The topological polar surface area (TPSA) is 38.8 Å². The molecule has 0 N–H and O–H groups in total. The standard InChI is InChI=1S/C42H65NO3/c1-26(2)29(7)42-17-16-38(9)32-14-15-34(40(11,28(5)6)33(32)22-35(44)41(38,24-42)18-19-46-42)37(8)23-30-20-31(21-30)36(37)45-25-39(10,27(3)4)43(12)13/h20,22,26-30,32,34,36H,14-17,21,23-25H2,1-13H3/t29-,30?,32?,34?,36?,37+,38?,39?,40-,41-,42-/m1/s1. The number of allylic oxidation sites excluding steroid dienone is 3. The minimum absolute atomic E-state index is 0.0218. The molecule has 0 aromatic rings. The van der Waals surface area contributed by atoms with Crippen LogP contribution in [0.1, 0.15) is 121 Å². The van der Waals surface area contributed by atoms with E-state index in [0.717, 1.165) is 32.3 Å². The normalized spacial score (nSPS) is 44.7. The van der Waals surface area contributed by atoms with Crippen LogP contribution in [0.4, 0.5) is 0 Å². The van der Waals surface area contributed by atoms with Crippen LogP contribution >= 0.6 is 0 Å². The number of carbonyl (C=O) groups is 1. The summed E-state index contributed by atoms with van der Waals surface area (Å²) in [6.45, 7) is 27.0. The van der Waals surface area contributed by atoms with E-state index in [1.54, 1.807) is 0 Å². The summed E-state index contributed by atoms with van der Waals surface area (Å²) in [4.78, 5) is 17.2. The maximum absolute atomic E-state index is 14.8. The van der Waals surface area contributed by atoms with Crippen LogP contribution in [0.25, 0.3) is 0 Å². The number of nitrogens with zero attached hydrogens (tertiary/aromatic N) is 1. The van der Waals surface area contributed by atoms with Crippen molar-refractivity contribution in [3.63, 3.8) is 0 Å². The summed E-state index contributed by atoms with van der Waals surface area (Å²) in [6.07, 6.45) is 15.4. The number of hydrogen-bond acceptors (Lipinski definition) is 4. The number of fused-ring (bicyclic) bond motifs is 5. The van der Waals surface area contributed by atoms with E-state index < -0.39 is 5.41 Å². The Kier molecular flexibility index (Phi) is 8.18. The zero-order chi connectivity index (χ0) is 33.8. The van der Waals surface area contributed by atoms with Crippen molar-refractivity contribution in [2.45, 2.75) is 138 Å². The van der Waals surface area contributed by atoms with Gasteiger partial charge in [0.1, 0.15) is 17.1 Å². The Hall–Kier alpha value is -1.57. The first-order valence-corrected chi connectivity index (χ1v) is 18.8. The molecule has 0 radical (unpaired) electrons. The summed E-state index contributed by atoms with van der Waals surface area (Å²) in [5.41, 5.74) is 1.71. The predicted octanol–water partition coefficient (Wildman–Crippen LogP) is 9.10. The molecule has 4 heteroatoms. The molecule has 4 bridgehead atoms. The van der Waals surface area contributed by atoms with Gasteiger partial charge in [0, 0.05) is 17.4 Å². The van der Waals surface area contributed by atoms with Gasteiger partial charge in [0.25, 0.3) is 0 Å². The molecule has 0 amide bonds. The molecular weight excluding hydrogens is 566 g/mol. The molecule has 6 unspecified atom stereocenters. The maximum Gasteiger partial charge on any atom is 0.174 e. The van der Waals surface area contributed by atoms with E-state index in [-0.39, 0.29) is 39.3 Å². The van der Waals surface area contributed by atoms with Crippen LogP contribution < -0.4 is 0 Å². The van der Waals surface area contributed by atoms with Gasteiger partial charge < -0.3 is 14.4 Å². The van der Waals surface area contributed by atoms with Gasteiger partial charge in [0.15, 0.2) is 5.78 Å². The van der Waals surface area contributed by atoms with Gasteiger partial charge in [0.2, 0.25) is 0 Å². The predicted molar refractivity (Wildman–Crippen MR) is 188 cm³/mol. The summed E-state index contributed by atoms with van der Waals surface area (Å²) in [5, 5.41) is 0. The lowest BCUT2D eigenvalue weighted by molar-refractivity contribution is -0.179. The molecule has 4 nitrogen and oxygen atoms in total. The van der Waals surface area contributed by atoms with E-state index in [2.05, 4.69) is 119 Å². The van der Waals surface area contributed by atoms with Crippen molar-refractivity contribution in [1.29, 1.82) is 0 Å². The van der Waals surface area contributed by atoms with Crippen LogP contribution in [-0.4, -0.2) is 48.6 Å². The smallest absolute Gasteiger partial charge is 0.174 e. The minimum atomic E-state index is -0.647. The third-order valence-corrected chi connectivity index (χ3v) is 16.3. The highest BCUT2D eigenvalue weighted by Gasteiger charge is 2.70. The fourth-order valence-electron chi connectivity index (χ4n) is 11.9. The van der Waals surface area contributed by atoms with E-state index in [1.807, 2.05) is 0 Å². The molecular formula is C42H65NO3. The Bertz CT molecular complexity index is 1370. The van der Waals surface area contributed by atoms with Gasteiger partial charge in [-0.2, -0.15) is 0 Å². The highest BCUT2D eigenvalue weighted by Crippen LogP contribution is 2.72. The van der Waals surface area contributed by atoms with Crippen LogP contribution in [0.2, 0.25) is 0 Å². The minimum Gasteiger partial charge on any atom is -0.440 e. The SMILES string of the molecule is CC(C)[C@@H](C)[C@]12CCC3(C)C4CCC([C@]5(C)CC6C=C(C6)C5OCC(C)(C(C)C)N(C)C)[C@](C)(C(C)C)C4=CC(=O)[C@@]3(C#CO1)C2. The highest BCUT2D eigenvalue weighted by atomic mass is 16.5. The molecule has 11 atom stereocenters. The Morgan fingerprint density at radius 3 is 2.33 bits per heavy atom. The lowest BCUT2D eigenvalue weighted by Crippen LogP contribution is -2.66. The first-order valence-electron chi connectivity index (χ1n) is 18.8. The van der Waals surface area contributed by atoms with Crippen molar-refractivity contribution in [3.8, 4) is 12.0 Å². The molecule has 3 saturated carbocycles. The largest absolute Gasteiger partial charge is 0.440 e. The van der Waals surface area contributed by atoms with Gasteiger partial charge in [-0.3, -0.25) is 4.79 Å². The van der Waals surface area contributed by atoms with E-state index >= 15 is 0 Å². The van der Waals surface area contributed by atoms with Gasteiger partial charge in [-0.25, -0.2) is 0 Å². The van der Waals surface area contributed by atoms with Gasteiger partial charge in [-0.1, -0.05) is 80.9 Å². The Morgan fingerprint density at radius 2 is 1.74 bits per heavy atom. The zero-order valence-corrected chi connectivity index (χ0v) is 31.6. The monoisotopic (exact) mass is 631 g/mol. The maximum atomic E-state index is 14.8. The lowest BCUT2D eigenvalue weighted by atomic mass is 9.37. The molecule has 46 heavy (non-hydrogen) atoms. The number of likely N-dealkylation sites (N-methyl/N-ethyl adjacent to an activating group) is 1. The second kappa shape index (κ2) is 11.0. The average Bonchev–Trinajstić information content (AvgIpc) is 2.97. The summed E-state index contributed by atoms with van der Waals surface area (Å²) in [7, 11) is 4.39. The number of carbonyl (C=O) groups excluding carboxylic acids is 1. The summed E-state index contributed by atoms with van der Waals surface area (Å²) in [6, 6.07) is 0.